The van der Waals surface area contributed by atoms with Gasteiger partial charge in [-0.2, -0.15) is 0 Å². The van der Waals surface area contributed by atoms with Crippen molar-refractivity contribution in [2.45, 2.75) is 0 Å². The number of benzene rings is 10. The van der Waals surface area contributed by atoms with Crippen molar-refractivity contribution in [3.8, 4) is 39.1 Å². The Hall–Kier alpha value is -7.48. The second kappa shape index (κ2) is 13.7. The Balaban J connectivity index is 0.976. The first kappa shape index (κ1) is 32.9. The largest absolute Gasteiger partial charge is 0.309 e. The molecule has 0 aliphatic rings. The van der Waals surface area contributed by atoms with Crippen molar-refractivity contribution in [2.75, 3.05) is 0 Å². The Morgan fingerprint density at radius 3 is 1.26 bits per heavy atom. The van der Waals surface area contributed by atoms with Crippen LogP contribution in [0.15, 0.2) is 212 Å². The van der Waals surface area contributed by atoms with Crippen LogP contribution in [0.25, 0.3) is 105 Å². The van der Waals surface area contributed by atoms with Crippen LogP contribution in [-0.4, -0.2) is 4.57 Å². The van der Waals surface area contributed by atoms with E-state index < -0.39 is 0 Å². The Kier molecular flexibility index (Phi) is 7.89. The van der Waals surface area contributed by atoms with Crippen LogP contribution in [0, 0.1) is 0 Å². The summed E-state index contributed by atoms with van der Waals surface area (Å²) in [4.78, 5) is 0. The minimum atomic E-state index is 1.16. The molecule has 0 saturated heterocycles. The van der Waals surface area contributed by atoms with Crippen molar-refractivity contribution >= 4 is 66.3 Å². The smallest absolute Gasteiger partial charge is 0.0541 e. The molecule has 0 amide bonds. The van der Waals surface area contributed by atoms with Gasteiger partial charge in [0.25, 0.3) is 0 Å². The quantitative estimate of drug-likeness (QED) is 0.119. The van der Waals surface area contributed by atoms with E-state index >= 15 is 0 Å². The molecular weight excluding hydrogens is 687 g/mol. The van der Waals surface area contributed by atoms with Gasteiger partial charge in [0.1, 0.15) is 0 Å². The average Bonchev–Trinajstić information content (AvgIpc) is 3.62. The standard InChI is InChI=1S/C56H37N/c1-2-14-39(15-3-1)45-37-34-40(44-16-4-5-17-46(44)45)29-26-38-27-30-41(31-28-38)55-49-20-6-8-22-51(49)56(52-23-9-7-21-50(52)55)42-32-35-43(36-33-42)57-53-24-12-10-18-47(53)48-19-11-13-25-54(48)57/h1-37H/b29-26+. The van der Waals surface area contributed by atoms with E-state index in [1.54, 1.807) is 0 Å². The number of rotatable bonds is 6. The van der Waals surface area contributed by atoms with Crippen LogP contribution in [0.1, 0.15) is 11.1 Å². The number of aromatic nitrogens is 1. The summed E-state index contributed by atoms with van der Waals surface area (Å²) >= 11 is 0. The highest BCUT2D eigenvalue weighted by Gasteiger charge is 2.17. The number of hydrogen-bond acceptors (Lipinski definition) is 0. The molecule has 0 atom stereocenters. The maximum atomic E-state index is 2.39. The number of hydrogen-bond donors (Lipinski definition) is 0. The zero-order valence-electron chi connectivity index (χ0n) is 31.3. The molecule has 0 saturated carbocycles. The molecule has 266 valence electrons. The molecule has 1 nitrogen and oxygen atoms in total. The molecular formula is C56H37N. The number of nitrogens with zero attached hydrogens (tertiary/aromatic N) is 1. The lowest BCUT2D eigenvalue weighted by atomic mass is 9.86. The summed E-state index contributed by atoms with van der Waals surface area (Å²) in [6.07, 6.45) is 4.48. The van der Waals surface area contributed by atoms with Gasteiger partial charge in [0.2, 0.25) is 0 Å². The van der Waals surface area contributed by atoms with E-state index in [0.29, 0.717) is 0 Å². The maximum absolute atomic E-state index is 2.39. The van der Waals surface area contributed by atoms with E-state index in [9.17, 15) is 0 Å². The summed E-state index contributed by atoms with van der Waals surface area (Å²) in [5, 5.41) is 10.1. The summed E-state index contributed by atoms with van der Waals surface area (Å²) < 4.78 is 2.39. The van der Waals surface area contributed by atoms with Crippen LogP contribution in [0.4, 0.5) is 0 Å². The third kappa shape index (κ3) is 5.55. The Morgan fingerprint density at radius 1 is 0.281 bits per heavy atom. The van der Waals surface area contributed by atoms with Crippen LogP contribution >= 0.6 is 0 Å². The SMILES string of the molecule is C(=C\c1ccc(-c2ccccc2)c2ccccc12)/c1ccc(-c2c3ccccc3c(-c3ccc(-n4c5ccccc5c5ccccc54)cc3)c3ccccc23)cc1. The molecule has 0 radical (unpaired) electrons. The predicted octanol–water partition coefficient (Wildman–Crippen LogP) is 15.4. The van der Waals surface area contributed by atoms with Crippen molar-refractivity contribution in [2.24, 2.45) is 0 Å². The molecule has 1 heterocycles. The van der Waals surface area contributed by atoms with Crippen molar-refractivity contribution in [1.82, 2.24) is 4.57 Å². The second-order valence-electron chi connectivity index (χ2n) is 14.8. The molecule has 0 aliphatic carbocycles. The van der Waals surface area contributed by atoms with Gasteiger partial charge in [-0.15, -0.1) is 0 Å². The van der Waals surface area contributed by atoms with Crippen LogP contribution in [0.2, 0.25) is 0 Å². The molecule has 11 rings (SSSR count). The minimum Gasteiger partial charge on any atom is -0.309 e. The Bertz CT molecular complexity index is 3200. The topological polar surface area (TPSA) is 4.93 Å². The number of fused-ring (bicyclic) bond motifs is 6. The first-order chi connectivity index (χ1) is 28.3. The number of para-hydroxylation sites is 2. The highest BCUT2D eigenvalue weighted by Crippen LogP contribution is 2.44. The van der Waals surface area contributed by atoms with E-state index in [1.807, 2.05) is 0 Å². The monoisotopic (exact) mass is 723 g/mol. The van der Waals surface area contributed by atoms with Gasteiger partial charge in [-0.1, -0.05) is 200 Å². The normalized spacial score (nSPS) is 11.8. The van der Waals surface area contributed by atoms with E-state index in [0.717, 1.165) is 5.69 Å². The van der Waals surface area contributed by atoms with Crippen LogP contribution in [0.3, 0.4) is 0 Å². The lowest BCUT2D eigenvalue weighted by Gasteiger charge is -2.18. The first-order valence-electron chi connectivity index (χ1n) is 19.7. The summed E-state index contributed by atoms with van der Waals surface area (Å²) in [6, 6.07) is 77.3. The predicted molar refractivity (Wildman–Crippen MR) is 245 cm³/mol. The Labute approximate surface area is 332 Å². The first-order valence-corrected chi connectivity index (χ1v) is 19.7. The summed E-state index contributed by atoms with van der Waals surface area (Å²) in [6.45, 7) is 0. The maximum Gasteiger partial charge on any atom is 0.0541 e. The summed E-state index contributed by atoms with van der Waals surface area (Å²) in [7, 11) is 0. The fourth-order valence-corrected chi connectivity index (χ4v) is 9.01. The Morgan fingerprint density at radius 2 is 0.719 bits per heavy atom. The van der Waals surface area contributed by atoms with Crippen LogP contribution in [0.5, 0.6) is 0 Å². The molecule has 0 spiro atoms. The van der Waals surface area contributed by atoms with E-state index in [4.69, 9.17) is 0 Å². The molecule has 11 aromatic rings. The van der Waals surface area contributed by atoms with Crippen LogP contribution < -0.4 is 0 Å². The highest BCUT2D eigenvalue weighted by atomic mass is 15.0. The van der Waals surface area contributed by atoms with E-state index in [2.05, 4.69) is 229 Å². The van der Waals surface area contributed by atoms with Crippen molar-refractivity contribution in [3.05, 3.63) is 223 Å². The fraction of sp³-hybridized carbons (Fsp3) is 0. The fourth-order valence-electron chi connectivity index (χ4n) is 9.01. The highest BCUT2D eigenvalue weighted by molar-refractivity contribution is 6.21. The van der Waals surface area contributed by atoms with Gasteiger partial charge in [0, 0.05) is 16.5 Å². The van der Waals surface area contributed by atoms with Gasteiger partial charge in [-0.05, 0) is 101 Å². The van der Waals surface area contributed by atoms with Gasteiger partial charge < -0.3 is 4.57 Å². The third-order valence-electron chi connectivity index (χ3n) is 11.6. The zero-order chi connectivity index (χ0) is 37.7. The van der Waals surface area contributed by atoms with Crippen molar-refractivity contribution in [1.29, 1.82) is 0 Å². The van der Waals surface area contributed by atoms with E-state index in [1.165, 1.54) is 98.6 Å². The van der Waals surface area contributed by atoms with Gasteiger partial charge in [-0.25, -0.2) is 0 Å². The van der Waals surface area contributed by atoms with Gasteiger partial charge in [0.15, 0.2) is 0 Å². The second-order valence-corrected chi connectivity index (χ2v) is 14.8. The molecule has 10 aromatic carbocycles. The summed E-state index contributed by atoms with van der Waals surface area (Å²) in [5.74, 6) is 0. The molecule has 0 N–H and O–H groups in total. The molecule has 1 aromatic heterocycles. The minimum absolute atomic E-state index is 1.16. The molecule has 0 bridgehead atoms. The molecule has 0 aliphatic heterocycles. The zero-order valence-corrected chi connectivity index (χ0v) is 31.3. The summed E-state index contributed by atoms with van der Waals surface area (Å²) in [5.41, 5.74) is 13.4. The molecule has 1 heteroatoms. The lowest BCUT2D eigenvalue weighted by Crippen LogP contribution is -1.94. The molecule has 0 unspecified atom stereocenters. The van der Waals surface area contributed by atoms with Gasteiger partial charge in [-0.3, -0.25) is 0 Å². The molecule has 57 heavy (non-hydrogen) atoms. The van der Waals surface area contributed by atoms with E-state index in [-0.39, 0.29) is 0 Å². The molecule has 0 fully saturated rings. The lowest BCUT2D eigenvalue weighted by molar-refractivity contribution is 1.18. The van der Waals surface area contributed by atoms with Crippen molar-refractivity contribution < 1.29 is 0 Å². The van der Waals surface area contributed by atoms with Crippen LogP contribution in [-0.2, 0) is 0 Å². The van der Waals surface area contributed by atoms with Crippen molar-refractivity contribution in [3.63, 3.8) is 0 Å². The van der Waals surface area contributed by atoms with Gasteiger partial charge >= 0.3 is 0 Å². The average molecular weight is 724 g/mol. The third-order valence-corrected chi connectivity index (χ3v) is 11.6. The van der Waals surface area contributed by atoms with Gasteiger partial charge in [0.05, 0.1) is 11.0 Å².